The predicted molar refractivity (Wildman–Crippen MR) is 38.5 cm³/mol. The molecule has 0 radical (unpaired) electrons. The Morgan fingerprint density at radius 1 is 1.73 bits per heavy atom. The van der Waals surface area contributed by atoms with Crippen molar-refractivity contribution in [2.24, 2.45) is 0 Å². The Morgan fingerprint density at radius 3 is 3.18 bits per heavy atom. The summed E-state index contributed by atoms with van der Waals surface area (Å²) in [6.45, 7) is 0.468. The fraction of sp³-hybridized carbons (Fsp3) is 0.500. The number of esters is 1. The van der Waals surface area contributed by atoms with Gasteiger partial charge in [-0.3, -0.25) is 0 Å². The van der Waals surface area contributed by atoms with Crippen molar-refractivity contribution in [3.63, 3.8) is 0 Å². The van der Waals surface area contributed by atoms with E-state index in [1.165, 1.54) is 6.08 Å². The zero-order valence-corrected chi connectivity index (χ0v) is 6.17. The van der Waals surface area contributed by atoms with Crippen LogP contribution in [0.4, 0.5) is 0 Å². The predicted octanol–water partition coefficient (Wildman–Crippen LogP) is 1.16. The third-order valence-electron chi connectivity index (χ3n) is 1.55. The second kappa shape index (κ2) is 3.77. The number of cyclic esters (lactones) is 1. The molecule has 0 amide bonds. The van der Waals surface area contributed by atoms with Crippen molar-refractivity contribution in [3.8, 4) is 6.07 Å². The zero-order valence-electron chi connectivity index (χ0n) is 6.17. The van der Waals surface area contributed by atoms with Crippen LogP contribution in [0.5, 0.6) is 0 Å². The van der Waals surface area contributed by atoms with Gasteiger partial charge in [-0.2, -0.15) is 5.26 Å². The number of carbonyl (C=O) groups is 1. The fourth-order valence-corrected chi connectivity index (χ4v) is 0.977. The molecule has 0 aromatic carbocycles. The van der Waals surface area contributed by atoms with Gasteiger partial charge in [-0.1, -0.05) is 5.57 Å². The maximum Gasteiger partial charge on any atom is 0.330 e. The van der Waals surface area contributed by atoms with E-state index in [0.717, 1.165) is 12.0 Å². The average Bonchev–Trinajstić information content (AvgIpc) is 2.01. The lowest BCUT2D eigenvalue weighted by Crippen LogP contribution is -2.10. The highest BCUT2D eigenvalue weighted by Gasteiger charge is 2.09. The van der Waals surface area contributed by atoms with E-state index in [-0.39, 0.29) is 5.97 Å². The molecule has 0 bridgehead atoms. The summed E-state index contributed by atoms with van der Waals surface area (Å²) in [5.74, 6) is -0.274. The van der Waals surface area contributed by atoms with Crippen molar-refractivity contribution in [2.45, 2.75) is 19.3 Å². The monoisotopic (exact) mass is 151 g/mol. The number of carbonyl (C=O) groups excluding carboxylic acids is 1. The van der Waals surface area contributed by atoms with E-state index in [2.05, 4.69) is 4.74 Å². The Morgan fingerprint density at radius 2 is 2.55 bits per heavy atom. The molecule has 0 N–H and O–H groups in total. The molecule has 0 aliphatic carbocycles. The van der Waals surface area contributed by atoms with E-state index in [0.29, 0.717) is 19.4 Å². The molecular formula is C8H9NO2. The summed E-state index contributed by atoms with van der Waals surface area (Å²) in [6.07, 6.45) is 3.46. The molecule has 0 fully saturated rings. The molecule has 0 aromatic heterocycles. The molecule has 0 atom stereocenters. The molecule has 58 valence electrons. The third-order valence-corrected chi connectivity index (χ3v) is 1.55. The minimum absolute atomic E-state index is 0.274. The van der Waals surface area contributed by atoms with Crippen LogP contribution in [0.2, 0.25) is 0 Å². The van der Waals surface area contributed by atoms with Crippen LogP contribution in [0.1, 0.15) is 19.3 Å². The first-order chi connectivity index (χ1) is 5.33. The minimum atomic E-state index is -0.274. The van der Waals surface area contributed by atoms with E-state index in [1.54, 1.807) is 0 Å². The molecule has 1 aliphatic heterocycles. The summed E-state index contributed by atoms with van der Waals surface area (Å²) in [4.78, 5) is 10.7. The molecule has 1 aliphatic rings. The summed E-state index contributed by atoms with van der Waals surface area (Å²) in [6, 6.07) is 2.04. The number of nitriles is 1. The van der Waals surface area contributed by atoms with Crippen LogP contribution in [-0.4, -0.2) is 12.6 Å². The van der Waals surface area contributed by atoms with Crippen molar-refractivity contribution in [3.05, 3.63) is 11.6 Å². The Labute approximate surface area is 65.3 Å². The molecule has 0 saturated carbocycles. The van der Waals surface area contributed by atoms with Crippen LogP contribution >= 0.6 is 0 Å². The molecule has 3 nitrogen and oxygen atoms in total. The number of hydrogen-bond donors (Lipinski definition) is 0. The lowest BCUT2D eigenvalue weighted by atomic mass is 10.1. The van der Waals surface area contributed by atoms with Crippen molar-refractivity contribution in [1.29, 1.82) is 5.26 Å². The number of hydrogen-bond acceptors (Lipinski definition) is 3. The average molecular weight is 151 g/mol. The van der Waals surface area contributed by atoms with Gasteiger partial charge in [0.15, 0.2) is 0 Å². The third kappa shape index (κ3) is 2.42. The number of rotatable bonds is 2. The Hall–Kier alpha value is -1.30. The molecule has 0 aromatic rings. The molecule has 1 rings (SSSR count). The molecular weight excluding hydrogens is 142 g/mol. The van der Waals surface area contributed by atoms with Crippen LogP contribution in [-0.2, 0) is 9.53 Å². The molecule has 3 heteroatoms. The van der Waals surface area contributed by atoms with Gasteiger partial charge in [0.2, 0.25) is 0 Å². The standard InChI is InChI=1S/C8H9NO2/c9-4-1-2-7-3-5-11-8(10)6-7/h6H,1-3,5H2. The van der Waals surface area contributed by atoms with Crippen LogP contribution < -0.4 is 0 Å². The first kappa shape index (κ1) is 7.80. The Kier molecular flexibility index (Phi) is 2.67. The smallest absolute Gasteiger partial charge is 0.330 e. The minimum Gasteiger partial charge on any atom is -0.462 e. The van der Waals surface area contributed by atoms with E-state index >= 15 is 0 Å². The summed E-state index contributed by atoms with van der Waals surface area (Å²) in [5.41, 5.74) is 1.03. The van der Waals surface area contributed by atoms with Gasteiger partial charge in [0.05, 0.1) is 12.7 Å². The molecule has 0 spiro atoms. The van der Waals surface area contributed by atoms with Gasteiger partial charge in [0.1, 0.15) is 0 Å². The highest BCUT2D eigenvalue weighted by atomic mass is 16.5. The quantitative estimate of drug-likeness (QED) is 0.556. The van der Waals surface area contributed by atoms with E-state index in [4.69, 9.17) is 5.26 Å². The van der Waals surface area contributed by atoms with Crippen LogP contribution in [0, 0.1) is 11.3 Å². The molecule has 11 heavy (non-hydrogen) atoms. The highest BCUT2D eigenvalue weighted by Crippen LogP contribution is 2.13. The lowest BCUT2D eigenvalue weighted by molar-refractivity contribution is -0.138. The molecule has 1 heterocycles. The normalized spacial score (nSPS) is 16.6. The summed E-state index contributed by atoms with van der Waals surface area (Å²) in [7, 11) is 0. The first-order valence-electron chi connectivity index (χ1n) is 3.56. The van der Waals surface area contributed by atoms with Crippen molar-refractivity contribution in [1.82, 2.24) is 0 Å². The van der Waals surface area contributed by atoms with Gasteiger partial charge in [0.25, 0.3) is 0 Å². The number of ether oxygens (including phenoxy) is 1. The Bertz CT molecular complexity index is 225. The fourth-order valence-electron chi connectivity index (χ4n) is 0.977. The molecule has 0 saturated heterocycles. The van der Waals surface area contributed by atoms with Crippen LogP contribution in [0.25, 0.3) is 0 Å². The van der Waals surface area contributed by atoms with E-state index in [9.17, 15) is 4.79 Å². The van der Waals surface area contributed by atoms with Crippen molar-refractivity contribution < 1.29 is 9.53 Å². The molecule has 0 unspecified atom stereocenters. The van der Waals surface area contributed by atoms with Gasteiger partial charge < -0.3 is 4.74 Å². The highest BCUT2D eigenvalue weighted by molar-refractivity contribution is 5.83. The van der Waals surface area contributed by atoms with Crippen LogP contribution in [0.15, 0.2) is 11.6 Å². The lowest BCUT2D eigenvalue weighted by Gasteiger charge is -2.10. The van der Waals surface area contributed by atoms with E-state index < -0.39 is 0 Å². The Balaban J connectivity index is 2.44. The SMILES string of the molecule is N#CCCC1=CC(=O)OCC1. The second-order valence-corrected chi connectivity index (χ2v) is 2.38. The van der Waals surface area contributed by atoms with Crippen LogP contribution in [0.3, 0.4) is 0 Å². The maximum absolute atomic E-state index is 10.7. The second-order valence-electron chi connectivity index (χ2n) is 2.38. The van der Waals surface area contributed by atoms with Gasteiger partial charge in [0, 0.05) is 18.9 Å². The van der Waals surface area contributed by atoms with Gasteiger partial charge >= 0.3 is 5.97 Å². The summed E-state index contributed by atoms with van der Waals surface area (Å²) < 4.78 is 4.69. The first-order valence-corrected chi connectivity index (χ1v) is 3.56. The van der Waals surface area contributed by atoms with Crippen molar-refractivity contribution >= 4 is 5.97 Å². The topological polar surface area (TPSA) is 50.1 Å². The summed E-state index contributed by atoms with van der Waals surface area (Å²) in [5, 5.41) is 8.27. The summed E-state index contributed by atoms with van der Waals surface area (Å²) >= 11 is 0. The van der Waals surface area contributed by atoms with Gasteiger partial charge in [-0.25, -0.2) is 4.79 Å². The van der Waals surface area contributed by atoms with E-state index in [1.807, 2.05) is 6.07 Å². The van der Waals surface area contributed by atoms with Crippen molar-refractivity contribution in [2.75, 3.05) is 6.61 Å². The number of nitrogens with zero attached hydrogens (tertiary/aromatic N) is 1. The largest absolute Gasteiger partial charge is 0.462 e. The zero-order chi connectivity index (χ0) is 8.10. The van der Waals surface area contributed by atoms with Gasteiger partial charge in [-0.15, -0.1) is 0 Å². The van der Waals surface area contributed by atoms with Gasteiger partial charge in [-0.05, 0) is 6.42 Å². The maximum atomic E-state index is 10.7.